The molecule has 0 aliphatic rings. The van der Waals surface area contributed by atoms with Crippen LogP contribution in [0, 0.1) is 0 Å². The summed E-state index contributed by atoms with van der Waals surface area (Å²) in [6.45, 7) is 3.78. The topological polar surface area (TPSA) is 73.1 Å². The van der Waals surface area contributed by atoms with Gasteiger partial charge in [-0.05, 0) is 6.92 Å². The molecule has 0 saturated heterocycles. The van der Waals surface area contributed by atoms with Gasteiger partial charge in [0.15, 0.2) is 5.75 Å². The number of nitrogens with one attached hydrogen (secondary N) is 1. The molecule has 0 spiro atoms. The van der Waals surface area contributed by atoms with E-state index in [2.05, 4.69) is 15.3 Å². The van der Waals surface area contributed by atoms with Crippen LogP contribution in [0.4, 0.5) is 5.95 Å². The van der Waals surface area contributed by atoms with Crippen LogP contribution in [0.5, 0.6) is 5.75 Å². The Kier molecular flexibility index (Phi) is 3.98. The first kappa shape index (κ1) is 9.73. The van der Waals surface area contributed by atoms with Gasteiger partial charge in [-0.1, -0.05) is 0 Å². The Hall–Kier alpha value is -1.36. The van der Waals surface area contributed by atoms with Crippen molar-refractivity contribution in [1.82, 2.24) is 9.97 Å². The van der Waals surface area contributed by atoms with Crippen LogP contribution in [0.15, 0.2) is 12.4 Å². The Morgan fingerprint density at radius 2 is 2.15 bits per heavy atom. The van der Waals surface area contributed by atoms with Crippen molar-refractivity contribution in [2.45, 2.75) is 6.92 Å². The lowest BCUT2D eigenvalue weighted by Crippen LogP contribution is -2.14. The second-order valence-electron chi connectivity index (χ2n) is 2.39. The smallest absolute Gasteiger partial charge is 0.222 e. The van der Waals surface area contributed by atoms with Crippen molar-refractivity contribution >= 4 is 5.95 Å². The molecule has 3 N–H and O–H groups in total. The summed E-state index contributed by atoms with van der Waals surface area (Å²) < 4.78 is 5.19. The zero-order valence-electron chi connectivity index (χ0n) is 7.66. The highest BCUT2D eigenvalue weighted by Gasteiger charge is 1.95. The fraction of sp³-hybridized carbons (Fsp3) is 0.500. The van der Waals surface area contributed by atoms with Crippen molar-refractivity contribution in [3.8, 4) is 5.75 Å². The average molecular weight is 182 g/mol. The molecule has 0 atom stereocenters. The zero-order chi connectivity index (χ0) is 9.52. The highest BCUT2D eigenvalue weighted by atomic mass is 16.5. The van der Waals surface area contributed by atoms with E-state index in [0.29, 0.717) is 31.4 Å². The number of nitrogens with zero attached hydrogens (tertiary/aromatic N) is 2. The number of anilines is 1. The first-order chi connectivity index (χ1) is 6.36. The third kappa shape index (κ3) is 3.25. The van der Waals surface area contributed by atoms with Crippen molar-refractivity contribution in [2.24, 2.45) is 5.73 Å². The predicted molar refractivity (Wildman–Crippen MR) is 50.7 cm³/mol. The minimum Gasteiger partial charge on any atom is -0.491 e. The van der Waals surface area contributed by atoms with E-state index < -0.39 is 0 Å². The molecule has 5 heteroatoms. The van der Waals surface area contributed by atoms with E-state index in [4.69, 9.17) is 10.5 Å². The third-order valence-electron chi connectivity index (χ3n) is 1.37. The Bertz CT molecular complexity index is 236. The number of hydrogen-bond donors (Lipinski definition) is 2. The van der Waals surface area contributed by atoms with Crippen LogP contribution < -0.4 is 15.8 Å². The summed E-state index contributed by atoms with van der Waals surface area (Å²) >= 11 is 0. The SMILES string of the molecule is CCOc1cnc(NCCN)nc1. The number of nitrogens with two attached hydrogens (primary N) is 1. The summed E-state index contributed by atoms with van der Waals surface area (Å²) in [5.41, 5.74) is 5.31. The quantitative estimate of drug-likeness (QED) is 0.682. The number of aromatic nitrogens is 2. The predicted octanol–water partition coefficient (Wildman–Crippen LogP) is 0.246. The van der Waals surface area contributed by atoms with Gasteiger partial charge < -0.3 is 15.8 Å². The maximum Gasteiger partial charge on any atom is 0.222 e. The van der Waals surface area contributed by atoms with Crippen LogP contribution in [0.1, 0.15) is 6.92 Å². The van der Waals surface area contributed by atoms with Gasteiger partial charge in [0.05, 0.1) is 19.0 Å². The monoisotopic (exact) mass is 182 g/mol. The van der Waals surface area contributed by atoms with Gasteiger partial charge in [-0.2, -0.15) is 0 Å². The Morgan fingerprint density at radius 3 is 2.69 bits per heavy atom. The fourth-order valence-corrected chi connectivity index (χ4v) is 0.833. The molecule has 72 valence electrons. The van der Waals surface area contributed by atoms with E-state index >= 15 is 0 Å². The molecule has 0 saturated carbocycles. The standard InChI is InChI=1S/C8H14N4O/c1-2-13-7-5-11-8(12-6-7)10-4-3-9/h5-6H,2-4,9H2,1H3,(H,10,11,12). The van der Waals surface area contributed by atoms with Gasteiger partial charge in [0.2, 0.25) is 5.95 Å². The van der Waals surface area contributed by atoms with E-state index in [1.165, 1.54) is 0 Å². The van der Waals surface area contributed by atoms with Crippen LogP contribution in [0.2, 0.25) is 0 Å². The molecule has 13 heavy (non-hydrogen) atoms. The molecule has 1 aromatic rings. The Balaban J connectivity index is 2.48. The minimum atomic E-state index is 0.566. The largest absolute Gasteiger partial charge is 0.491 e. The Morgan fingerprint density at radius 1 is 1.46 bits per heavy atom. The Labute approximate surface area is 77.3 Å². The summed E-state index contributed by atoms with van der Waals surface area (Å²) in [5.74, 6) is 1.26. The summed E-state index contributed by atoms with van der Waals surface area (Å²) in [5, 5.41) is 2.96. The number of rotatable bonds is 5. The molecule has 0 radical (unpaired) electrons. The van der Waals surface area contributed by atoms with E-state index in [0.717, 1.165) is 0 Å². The van der Waals surface area contributed by atoms with Gasteiger partial charge in [-0.25, -0.2) is 9.97 Å². The summed E-state index contributed by atoms with van der Waals surface area (Å²) in [4.78, 5) is 8.06. The van der Waals surface area contributed by atoms with E-state index in [1.807, 2.05) is 6.92 Å². The van der Waals surface area contributed by atoms with E-state index in [9.17, 15) is 0 Å². The second-order valence-corrected chi connectivity index (χ2v) is 2.39. The molecule has 5 nitrogen and oxygen atoms in total. The molecule has 0 amide bonds. The highest BCUT2D eigenvalue weighted by molar-refractivity contribution is 5.26. The van der Waals surface area contributed by atoms with Gasteiger partial charge in [-0.3, -0.25) is 0 Å². The van der Waals surface area contributed by atoms with Crippen LogP contribution in [-0.4, -0.2) is 29.7 Å². The van der Waals surface area contributed by atoms with Crippen LogP contribution in [0.25, 0.3) is 0 Å². The van der Waals surface area contributed by atoms with Crippen molar-refractivity contribution in [2.75, 3.05) is 25.0 Å². The molecular formula is C8H14N4O. The summed E-state index contributed by atoms with van der Waals surface area (Å²) in [7, 11) is 0. The van der Waals surface area contributed by atoms with Crippen molar-refractivity contribution in [1.29, 1.82) is 0 Å². The first-order valence-electron chi connectivity index (χ1n) is 4.25. The molecule has 0 fully saturated rings. The molecule has 1 rings (SSSR count). The van der Waals surface area contributed by atoms with Gasteiger partial charge in [0.25, 0.3) is 0 Å². The molecule has 0 unspecified atom stereocenters. The molecule has 1 aromatic heterocycles. The van der Waals surface area contributed by atoms with Crippen molar-refractivity contribution < 1.29 is 4.74 Å². The maximum atomic E-state index is 5.31. The molecule has 0 aliphatic carbocycles. The van der Waals surface area contributed by atoms with Gasteiger partial charge in [0, 0.05) is 13.1 Å². The molecule has 0 bridgehead atoms. The second kappa shape index (κ2) is 5.31. The average Bonchev–Trinajstić information content (AvgIpc) is 2.17. The minimum absolute atomic E-state index is 0.566. The van der Waals surface area contributed by atoms with Gasteiger partial charge in [0.1, 0.15) is 0 Å². The lowest BCUT2D eigenvalue weighted by atomic mass is 10.6. The normalized spacial score (nSPS) is 9.69. The molecule has 0 aromatic carbocycles. The zero-order valence-corrected chi connectivity index (χ0v) is 7.66. The van der Waals surface area contributed by atoms with Gasteiger partial charge in [-0.15, -0.1) is 0 Å². The fourth-order valence-electron chi connectivity index (χ4n) is 0.833. The number of hydrogen-bond acceptors (Lipinski definition) is 5. The molecule has 0 aliphatic heterocycles. The maximum absolute atomic E-state index is 5.31. The van der Waals surface area contributed by atoms with Crippen LogP contribution in [0.3, 0.4) is 0 Å². The van der Waals surface area contributed by atoms with Crippen molar-refractivity contribution in [3.63, 3.8) is 0 Å². The van der Waals surface area contributed by atoms with Crippen LogP contribution >= 0.6 is 0 Å². The first-order valence-corrected chi connectivity index (χ1v) is 4.25. The van der Waals surface area contributed by atoms with Crippen molar-refractivity contribution in [3.05, 3.63) is 12.4 Å². The number of ether oxygens (including phenoxy) is 1. The van der Waals surface area contributed by atoms with E-state index in [1.54, 1.807) is 12.4 Å². The van der Waals surface area contributed by atoms with E-state index in [-0.39, 0.29) is 0 Å². The third-order valence-corrected chi connectivity index (χ3v) is 1.37. The van der Waals surface area contributed by atoms with Crippen LogP contribution in [-0.2, 0) is 0 Å². The highest BCUT2D eigenvalue weighted by Crippen LogP contribution is 2.07. The molecular weight excluding hydrogens is 168 g/mol. The summed E-state index contributed by atoms with van der Waals surface area (Å²) in [6, 6.07) is 0. The lowest BCUT2D eigenvalue weighted by molar-refractivity contribution is 0.337. The molecule has 1 heterocycles. The van der Waals surface area contributed by atoms with Gasteiger partial charge >= 0.3 is 0 Å². The lowest BCUT2D eigenvalue weighted by Gasteiger charge is -2.04. The summed E-state index contributed by atoms with van der Waals surface area (Å²) in [6.07, 6.45) is 3.27.